The van der Waals surface area contributed by atoms with Crippen molar-refractivity contribution in [3.05, 3.63) is 94.3 Å². The minimum Gasteiger partial charge on any atom is -0.444 e. The minimum atomic E-state index is -4.62. The average molecular weight is 650 g/mol. The van der Waals surface area contributed by atoms with Gasteiger partial charge in [0, 0.05) is 30.3 Å². The molecule has 0 spiro atoms. The Morgan fingerprint density at radius 1 is 1.04 bits per heavy atom. The molecule has 4 aromatic rings. The highest BCUT2D eigenvalue weighted by atomic mass is 19.4. The number of anilines is 1. The summed E-state index contributed by atoms with van der Waals surface area (Å²) < 4.78 is 51.2. The highest BCUT2D eigenvalue weighted by Gasteiger charge is 2.41. The zero-order valence-electron chi connectivity index (χ0n) is 26.9. The number of carbonyl (C=O) groups excluding carboxylic acids is 2. The van der Waals surface area contributed by atoms with Crippen LogP contribution in [0.4, 0.5) is 23.7 Å². The molecule has 2 aliphatic heterocycles. The molecule has 1 saturated carbocycles. The number of aromatic nitrogens is 5. The first-order chi connectivity index (χ1) is 22.3. The topological polar surface area (TPSA) is 98.4 Å². The summed E-state index contributed by atoms with van der Waals surface area (Å²) in [6, 6.07) is 11.3. The highest BCUT2D eigenvalue weighted by Crippen LogP contribution is 2.40. The fourth-order valence-electron chi connectivity index (χ4n) is 6.05. The largest absolute Gasteiger partial charge is 0.444 e. The van der Waals surface area contributed by atoms with Gasteiger partial charge in [0.2, 0.25) is 0 Å². The zero-order valence-corrected chi connectivity index (χ0v) is 26.9. The number of ether oxygens (including phenoxy) is 1. The van der Waals surface area contributed by atoms with Gasteiger partial charge in [-0.2, -0.15) is 18.3 Å². The fraction of sp³-hybridized carbons (Fsp3) is 0.441. The fourth-order valence-corrected chi connectivity index (χ4v) is 6.05. The zero-order chi connectivity index (χ0) is 33.5. The van der Waals surface area contributed by atoms with Crippen LogP contribution in [0.1, 0.15) is 84.2 Å². The Hall–Kier alpha value is -4.68. The Balaban J connectivity index is 0.000000295. The van der Waals surface area contributed by atoms with Gasteiger partial charge < -0.3 is 14.2 Å². The van der Waals surface area contributed by atoms with Crippen molar-refractivity contribution >= 4 is 17.7 Å². The van der Waals surface area contributed by atoms with E-state index in [0.29, 0.717) is 17.8 Å². The summed E-state index contributed by atoms with van der Waals surface area (Å²) in [7, 11) is 2.01. The third-order valence-corrected chi connectivity index (χ3v) is 8.70. The van der Waals surface area contributed by atoms with Gasteiger partial charge in [-0.05, 0) is 62.1 Å². The number of fused-ring (bicyclic) bond motifs is 2. The van der Waals surface area contributed by atoms with Crippen LogP contribution in [0.2, 0.25) is 0 Å². The number of amides is 2. The second kappa shape index (κ2) is 12.5. The summed E-state index contributed by atoms with van der Waals surface area (Å²) in [5.74, 6) is 1.55. The Morgan fingerprint density at radius 2 is 1.79 bits per heavy atom. The number of carbonyl (C=O) groups is 2. The van der Waals surface area contributed by atoms with Crippen LogP contribution in [0, 0.1) is 5.92 Å². The van der Waals surface area contributed by atoms with E-state index in [9.17, 15) is 22.8 Å². The first-order valence-electron chi connectivity index (χ1n) is 15.7. The third-order valence-electron chi connectivity index (χ3n) is 8.70. The number of halogens is 3. The lowest BCUT2D eigenvalue weighted by Gasteiger charge is -2.24. The second-order valence-corrected chi connectivity index (χ2v) is 13.4. The minimum absolute atomic E-state index is 0.0260. The second-order valence-electron chi connectivity index (χ2n) is 13.4. The van der Waals surface area contributed by atoms with Crippen molar-refractivity contribution in [3.8, 4) is 0 Å². The van der Waals surface area contributed by atoms with E-state index in [4.69, 9.17) is 4.74 Å². The molecule has 1 aliphatic carbocycles. The summed E-state index contributed by atoms with van der Waals surface area (Å²) in [6.45, 7) is 5.78. The van der Waals surface area contributed by atoms with Crippen molar-refractivity contribution in [1.29, 1.82) is 0 Å². The molecule has 10 nitrogen and oxygen atoms in total. The van der Waals surface area contributed by atoms with Gasteiger partial charge in [0.25, 0.3) is 5.91 Å². The van der Waals surface area contributed by atoms with Crippen LogP contribution in [-0.2, 0) is 50.6 Å². The molecule has 2 amide bonds. The molecule has 0 radical (unpaired) electrons. The molecule has 0 N–H and O–H groups in total. The van der Waals surface area contributed by atoms with Crippen molar-refractivity contribution in [1.82, 2.24) is 29.4 Å². The van der Waals surface area contributed by atoms with Crippen LogP contribution < -0.4 is 4.90 Å². The number of alkyl halides is 3. The maximum absolute atomic E-state index is 14.0. The molecule has 47 heavy (non-hydrogen) atoms. The van der Waals surface area contributed by atoms with Crippen LogP contribution >= 0.6 is 0 Å². The normalized spacial score (nSPS) is 16.0. The van der Waals surface area contributed by atoms with E-state index in [-0.39, 0.29) is 30.8 Å². The Labute approximate surface area is 271 Å². The molecule has 1 fully saturated rings. The molecule has 0 unspecified atom stereocenters. The smallest absolute Gasteiger partial charge is 0.416 e. The number of rotatable bonds is 5. The number of para-hydroxylation sites is 1. The van der Waals surface area contributed by atoms with Crippen molar-refractivity contribution < 1.29 is 27.5 Å². The first-order valence-corrected chi connectivity index (χ1v) is 15.7. The molecule has 3 aliphatic rings. The van der Waals surface area contributed by atoms with Gasteiger partial charge in [-0.3, -0.25) is 14.4 Å². The SMILES string of the molecule is CC(C)(C)OC(=O)N1Cc2cnn(Cc3cc4c(c(C(F)(F)F)c3)CN(c3ccccc3)C4=O)c2C1.Cn1cnnc1CC1CCC1. The molecule has 0 bridgehead atoms. The van der Waals surface area contributed by atoms with Crippen LogP contribution in [0.15, 0.2) is 55.0 Å². The van der Waals surface area contributed by atoms with E-state index in [1.54, 1.807) is 68.3 Å². The Kier molecular flexibility index (Phi) is 8.58. The summed E-state index contributed by atoms with van der Waals surface area (Å²) in [5, 5.41) is 12.2. The molecule has 2 aromatic carbocycles. The van der Waals surface area contributed by atoms with E-state index < -0.39 is 29.3 Å². The summed E-state index contributed by atoms with van der Waals surface area (Å²) in [4.78, 5) is 28.5. The quantitative estimate of drug-likeness (QED) is 0.244. The van der Waals surface area contributed by atoms with Crippen molar-refractivity contribution in [2.24, 2.45) is 13.0 Å². The third kappa shape index (κ3) is 7.03. The van der Waals surface area contributed by atoms with E-state index >= 15 is 0 Å². The highest BCUT2D eigenvalue weighted by molar-refractivity contribution is 6.10. The van der Waals surface area contributed by atoms with Crippen LogP contribution in [-0.4, -0.2) is 47.0 Å². The molecule has 13 heteroatoms. The van der Waals surface area contributed by atoms with Crippen molar-refractivity contribution in [2.75, 3.05) is 4.90 Å². The van der Waals surface area contributed by atoms with E-state index in [0.717, 1.165) is 35.5 Å². The molecular formula is C34H38F3N7O3. The van der Waals surface area contributed by atoms with Crippen molar-refractivity contribution in [2.45, 2.75) is 84.4 Å². The van der Waals surface area contributed by atoms with Crippen LogP contribution in [0.5, 0.6) is 0 Å². The van der Waals surface area contributed by atoms with Gasteiger partial charge in [0.05, 0.1) is 43.6 Å². The lowest BCUT2D eigenvalue weighted by Crippen LogP contribution is -2.33. The standard InChI is InChI=1S/C26H25F3N4O3.C8H13N3/c1-25(2,3)36-24(35)31-13-17-11-30-33(22(17)15-31)12-16-9-19-20(21(10-16)26(27,28)29)14-32(23(19)34)18-7-5-4-6-8-18;1-11-6-9-10-8(11)5-7-3-2-4-7/h4-11H,12-15H2,1-3H3;6-7H,2-5H2,1H3. The predicted octanol–water partition coefficient (Wildman–Crippen LogP) is 6.52. The molecule has 2 aromatic heterocycles. The number of hydrogen-bond acceptors (Lipinski definition) is 6. The van der Waals surface area contributed by atoms with E-state index in [1.165, 1.54) is 35.1 Å². The monoisotopic (exact) mass is 649 g/mol. The van der Waals surface area contributed by atoms with Crippen LogP contribution in [0.25, 0.3) is 0 Å². The molecule has 0 atom stereocenters. The Bertz CT molecular complexity index is 1770. The summed E-state index contributed by atoms with van der Waals surface area (Å²) >= 11 is 0. The van der Waals surface area contributed by atoms with E-state index in [1.807, 2.05) is 11.6 Å². The predicted molar refractivity (Wildman–Crippen MR) is 167 cm³/mol. The molecule has 0 saturated heterocycles. The van der Waals surface area contributed by atoms with Gasteiger partial charge in [-0.15, -0.1) is 10.2 Å². The number of nitrogens with zero attached hydrogens (tertiary/aromatic N) is 7. The molecule has 7 rings (SSSR count). The van der Waals surface area contributed by atoms with Crippen molar-refractivity contribution in [3.63, 3.8) is 0 Å². The van der Waals surface area contributed by atoms with Gasteiger partial charge in [-0.25, -0.2) is 4.79 Å². The van der Waals surface area contributed by atoms with Gasteiger partial charge in [0.1, 0.15) is 17.8 Å². The van der Waals surface area contributed by atoms with Gasteiger partial charge in [-0.1, -0.05) is 37.5 Å². The average Bonchev–Trinajstić information content (AvgIpc) is 3.75. The molecular weight excluding hydrogens is 611 g/mol. The number of aryl methyl sites for hydroxylation is 1. The lowest BCUT2D eigenvalue weighted by molar-refractivity contribution is -0.138. The molecule has 248 valence electrons. The molecule has 4 heterocycles. The number of benzene rings is 2. The lowest BCUT2D eigenvalue weighted by atomic mass is 9.83. The maximum Gasteiger partial charge on any atom is 0.416 e. The maximum atomic E-state index is 14.0. The first kappa shape index (κ1) is 32.3. The van der Waals surface area contributed by atoms with Gasteiger partial charge >= 0.3 is 12.3 Å². The Morgan fingerprint density at radius 3 is 2.40 bits per heavy atom. The number of hydrogen-bond donors (Lipinski definition) is 0. The van der Waals surface area contributed by atoms with E-state index in [2.05, 4.69) is 15.3 Å². The van der Waals surface area contributed by atoms with Crippen LogP contribution in [0.3, 0.4) is 0 Å². The summed E-state index contributed by atoms with van der Waals surface area (Å²) in [5.41, 5.74) is 0.949. The summed E-state index contributed by atoms with van der Waals surface area (Å²) in [6.07, 6.45) is 3.59. The van der Waals surface area contributed by atoms with Gasteiger partial charge in [0.15, 0.2) is 0 Å².